The van der Waals surface area contributed by atoms with Crippen molar-refractivity contribution in [3.63, 3.8) is 0 Å². The molecule has 134 valence electrons. The van der Waals surface area contributed by atoms with Gasteiger partial charge in [-0.2, -0.15) is 0 Å². The van der Waals surface area contributed by atoms with Crippen molar-refractivity contribution < 1.29 is 9.59 Å². The van der Waals surface area contributed by atoms with Crippen LogP contribution in [-0.4, -0.2) is 65.3 Å². The van der Waals surface area contributed by atoms with Crippen LogP contribution in [0.1, 0.15) is 39.0 Å². The van der Waals surface area contributed by atoms with Crippen molar-refractivity contribution in [2.24, 2.45) is 11.7 Å². The van der Waals surface area contributed by atoms with E-state index in [1.807, 2.05) is 9.80 Å². The zero-order valence-corrected chi connectivity index (χ0v) is 15.7. The van der Waals surface area contributed by atoms with E-state index in [0.717, 1.165) is 45.3 Å². The molecule has 0 spiro atoms. The number of piperidine rings is 2. The minimum atomic E-state index is 0. The molecular formula is C16H30ClN3O2S. The van der Waals surface area contributed by atoms with E-state index in [0.29, 0.717) is 24.0 Å². The van der Waals surface area contributed by atoms with Gasteiger partial charge >= 0.3 is 0 Å². The number of rotatable bonds is 5. The van der Waals surface area contributed by atoms with E-state index in [2.05, 4.69) is 6.92 Å². The molecule has 23 heavy (non-hydrogen) atoms. The molecule has 2 rings (SSSR count). The van der Waals surface area contributed by atoms with Crippen LogP contribution in [0.4, 0.5) is 0 Å². The third kappa shape index (κ3) is 6.16. The van der Waals surface area contributed by atoms with Crippen LogP contribution >= 0.6 is 24.2 Å². The Hall–Kier alpha value is -0.460. The molecule has 0 saturated carbocycles. The molecule has 2 unspecified atom stereocenters. The zero-order valence-electron chi connectivity index (χ0n) is 14.0. The summed E-state index contributed by atoms with van der Waals surface area (Å²) in [4.78, 5) is 28.3. The Morgan fingerprint density at radius 1 is 1.09 bits per heavy atom. The zero-order chi connectivity index (χ0) is 15.9. The number of likely N-dealkylation sites (tertiary alicyclic amines) is 2. The number of halogens is 1. The van der Waals surface area contributed by atoms with Gasteiger partial charge in [0, 0.05) is 32.2 Å². The topological polar surface area (TPSA) is 66.6 Å². The minimum Gasteiger partial charge on any atom is -0.342 e. The molecule has 0 bridgehead atoms. The lowest BCUT2D eigenvalue weighted by atomic mass is 9.92. The summed E-state index contributed by atoms with van der Waals surface area (Å²) in [6, 6.07) is 0.176. The number of amides is 2. The second kappa shape index (κ2) is 10.4. The summed E-state index contributed by atoms with van der Waals surface area (Å²) in [5, 5.41) is 0. The molecule has 0 aliphatic carbocycles. The SMILES string of the molecule is CC1CCN(C(=O)CSCC(=O)N2CCCCC2)C(CN)C1.Cl. The van der Waals surface area contributed by atoms with E-state index in [9.17, 15) is 9.59 Å². The third-order valence-corrected chi connectivity index (χ3v) is 5.63. The van der Waals surface area contributed by atoms with E-state index in [1.165, 1.54) is 18.2 Å². The van der Waals surface area contributed by atoms with Crippen molar-refractivity contribution in [3.05, 3.63) is 0 Å². The monoisotopic (exact) mass is 363 g/mol. The maximum atomic E-state index is 12.4. The smallest absolute Gasteiger partial charge is 0.232 e. The molecule has 0 aromatic rings. The van der Waals surface area contributed by atoms with Gasteiger partial charge in [0.15, 0.2) is 0 Å². The Morgan fingerprint density at radius 2 is 1.74 bits per heavy atom. The first-order chi connectivity index (χ1) is 10.6. The van der Waals surface area contributed by atoms with Crippen molar-refractivity contribution in [3.8, 4) is 0 Å². The van der Waals surface area contributed by atoms with Crippen LogP contribution in [0.3, 0.4) is 0 Å². The van der Waals surface area contributed by atoms with E-state index in [-0.39, 0.29) is 30.3 Å². The third-order valence-electron chi connectivity index (χ3n) is 4.73. The van der Waals surface area contributed by atoms with E-state index < -0.39 is 0 Å². The summed E-state index contributed by atoms with van der Waals surface area (Å²) in [5.74, 6) is 1.78. The molecule has 2 saturated heterocycles. The Morgan fingerprint density at radius 3 is 2.39 bits per heavy atom. The van der Waals surface area contributed by atoms with Crippen molar-refractivity contribution in [1.82, 2.24) is 9.80 Å². The summed E-state index contributed by atoms with van der Waals surface area (Å²) in [6.07, 6.45) is 5.50. The Kier molecular flexibility index (Phi) is 9.32. The number of carbonyl (C=O) groups is 2. The van der Waals surface area contributed by atoms with Gasteiger partial charge in [0.1, 0.15) is 0 Å². The van der Waals surface area contributed by atoms with Gasteiger partial charge in [-0.1, -0.05) is 6.92 Å². The van der Waals surface area contributed by atoms with Crippen molar-refractivity contribution >= 4 is 36.0 Å². The highest BCUT2D eigenvalue weighted by molar-refractivity contribution is 8.00. The largest absolute Gasteiger partial charge is 0.342 e. The lowest BCUT2D eigenvalue weighted by Gasteiger charge is -2.38. The molecular weight excluding hydrogens is 334 g/mol. The molecule has 2 N–H and O–H groups in total. The quantitative estimate of drug-likeness (QED) is 0.807. The molecule has 7 heteroatoms. The van der Waals surface area contributed by atoms with Gasteiger partial charge in [-0.05, 0) is 38.0 Å². The fourth-order valence-electron chi connectivity index (χ4n) is 3.35. The average molecular weight is 364 g/mol. The van der Waals surface area contributed by atoms with Crippen LogP contribution in [-0.2, 0) is 9.59 Å². The highest BCUT2D eigenvalue weighted by Gasteiger charge is 2.28. The van der Waals surface area contributed by atoms with Gasteiger partial charge in [0.05, 0.1) is 11.5 Å². The molecule has 2 aliphatic heterocycles. The van der Waals surface area contributed by atoms with Gasteiger partial charge in [0.2, 0.25) is 11.8 Å². The molecule has 2 amide bonds. The van der Waals surface area contributed by atoms with Gasteiger partial charge in [-0.15, -0.1) is 24.2 Å². The van der Waals surface area contributed by atoms with Crippen LogP contribution in [0.5, 0.6) is 0 Å². The second-order valence-corrected chi connectivity index (χ2v) is 7.53. The van der Waals surface area contributed by atoms with E-state index in [4.69, 9.17) is 5.73 Å². The molecule has 0 radical (unpaired) electrons. The van der Waals surface area contributed by atoms with E-state index >= 15 is 0 Å². The molecule has 2 atom stereocenters. The second-order valence-electron chi connectivity index (χ2n) is 6.54. The summed E-state index contributed by atoms with van der Waals surface area (Å²) < 4.78 is 0. The number of nitrogens with two attached hydrogens (primary N) is 1. The van der Waals surface area contributed by atoms with Gasteiger partial charge in [-0.25, -0.2) is 0 Å². The molecule has 5 nitrogen and oxygen atoms in total. The van der Waals surface area contributed by atoms with Crippen LogP contribution in [0.15, 0.2) is 0 Å². The van der Waals surface area contributed by atoms with Crippen LogP contribution in [0.2, 0.25) is 0 Å². The highest BCUT2D eigenvalue weighted by atomic mass is 35.5. The maximum Gasteiger partial charge on any atom is 0.232 e. The Balaban J connectivity index is 0.00000264. The minimum absolute atomic E-state index is 0. The Bertz CT molecular complexity index is 392. The first-order valence-corrected chi connectivity index (χ1v) is 9.62. The lowest BCUT2D eigenvalue weighted by Crippen LogP contribution is -2.50. The first kappa shape index (κ1) is 20.6. The summed E-state index contributed by atoms with van der Waals surface area (Å²) in [7, 11) is 0. The average Bonchev–Trinajstić information content (AvgIpc) is 2.55. The number of thioether (sulfide) groups is 1. The number of hydrogen-bond donors (Lipinski definition) is 1. The number of hydrogen-bond acceptors (Lipinski definition) is 4. The van der Waals surface area contributed by atoms with Crippen LogP contribution in [0, 0.1) is 5.92 Å². The van der Waals surface area contributed by atoms with Crippen LogP contribution < -0.4 is 5.73 Å². The summed E-state index contributed by atoms with van der Waals surface area (Å²) in [5.41, 5.74) is 5.81. The summed E-state index contributed by atoms with van der Waals surface area (Å²) in [6.45, 7) is 5.33. The maximum absolute atomic E-state index is 12.4. The Labute approximate surface area is 150 Å². The van der Waals surface area contributed by atoms with Crippen molar-refractivity contribution in [2.45, 2.75) is 45.1 Å². The fraction of sp³-hybridized carbons (Fsp3) is 0.875. The van der Waals surface area contributed by atoms with Crippen molar-refractivity contribution in [2.75, 3.05) is 37.7 Å². The standard InChI is InChI=1S/C16H29N3O2S.ClH/c1-13-5-8-19(14(9-13)10-17)16(21)12-22-11-15(20)18-6-3-2-4-7-18;/h13-14H,2-12,17H2,1H3;1H. The molecule has 2 fully saturated rings. The van der Waals surface area contributed by atoms with E-state index in [1.54, 1.807) is 0 Å². The first-order valence-electron chi connectivity index (χ1n) is 8.47. The molecule has 0 aromatic carbocycles. The molecule has 2 heterocycles. The van der Waals surface area contributed by atoms with Gasteiger partial charge in [-0.3, -0.25) is 9.59 Å². The predicted molar refractivity (Wildman–Crippen MR) is 98.0 cm³/mol. The lowest BCUT2D eigenvalue weighted by molar-refractivity contribution is -0.132. The van der Waals surface area contributed by atoms with Gasteiger partial charge < -0.3 is 15.5 Å². The van der Waals surface area contributed by atoms with Crippen LogP contribution in [0.25, 0.3) is 0 Å². The molecule has 0 aromatic heterocycles. The highest BCUT2D eigenvalue weighted by Crippen LogP contribution is 2.22. The van der Waals surface area contributed by atoms with Crippen molar-refractivity contribution in [1.29, 1.82) is 0 Å². The normalized spacial score (nSPS) is 25.0. The summed E-state index contributed by atoms with van der Waals surface area (Å²) >= 11 is 1.45. The predicted octanol–water partition coefficient (Wildman–Crippen LogP) is 1.74. The number of carbonyl (C=O) groups excluding carboxylic acids is 2. The number of nitrogens with zero attached hydrogens (tertiary/aromatic N) is 2. The van der Waals surface area contributed by atoms with Gasteiger partial charge in [0.25, 0.3) is 0 Å². The molecule has 2 aliphatic rings. The fourth-order valence-corrected chi connectivity index (χ4v) is 4.15.